The van der Waals surface area contributed by atoms with Gasteiger partial charge in [0.05, 0.1) is 17.6 Å². The molecule has 4 nitrogen and oxygen atoms in total. The first-order valence-electron chi connectivity index (χ1n) is 9.63. The van der Waals surface area contributed by atoms with Crippen LogP contribution in [0.2, 0.25) is 0 Å². The van der Waals surface area contributed by atoms with Gasteiger partial charge in [-0.05, 0) is 42.5 Å². The number of para-hydroxylation sites is 1. The van der Waals surface area contributed by atoms with Crippen molar-refractivity contribution in [3.63, 3.8) is 0 Å². The third-order valence-corrected chi connectivity index (χ3v) is 4.96. The summed E-state index contributed by atoms with van der Waals surface area (Å²) in [6.45, 7) is 2.67. The second-order valence-corrected chi connectivity index (χ2v) is 6.76. The van der Waals surface area contributed by atoms with E-state index in [1.807, 2.05) is 83.5 Å². The van der Waals surface area contributed by atoms with Gasteiger partial charge in [0.1, 0.15) is 0 Å². The lowest BCUT2D eigenvalue weighted by Crippen LogP contribution is -2.30. The molecule has 1 amide bonds. The Morgan fingerprint density at radius 2 is 1.71 bits per heavy atom. The first kappa shape index (κ1) is 18.0. The zero-order chi connectivity index (χ0) is 19.3. The number of carbonyl (C=O) groups is 1. The second-order valence-electron chi connectivity index (χ2n) is 6.76. The lowest BCUT2D eigenvalue weighted by molar-refractivity contribution is -0.118. The molecule has 0 saturated carbocycles. The molecule has 0 spiro atoms. The van der Waals surface area contributed by atoms with Crippen molar-refractivity contribution in [1.29, 1.82) is 0 Å². The molecule has 1 aromatic heterocycles. The van der Waals surface area contributed by atoms with E-state index < -0.39 is 0 Å². The van der Waals surface area contributed by atoms with E-state index in [0.717, 1.165) is 27.7 Å². The van der Waals surface area contributed by atoms with E-state index in [1.54, 1.807) is 0 Å². The van der Waals surface area contributed by atoms with Gasteiger partial charge in [-0.1, -0.05) is 54.6 Å². The van der Waals surface area contributed by atoms with Crippen LogP contribution in [0, 0.1) is 0 Å². The Hall–Kier alpha value is -3.40. The van der Waals surface area contributed by atoms with Gasteiger partial charge >= 0.3 is 0 Å². The maximum absolute atomic E-state index is 13.0. The molecule has 0 N–H and O–H groups in total. The van der Waals surface area contributed by atoms with Gasteiger partial charge in [0.25, 0.3) is 0 Å². The summed E-state index contributed by atoms with van der Waals surface area (Å²) in [6.07, 6.45) is 4.97. The van der Waals surface area contributed by atoms with Crippen LogP contribution in [-0.4, -0.2) is 22.2 Å². The van der Waals surface area contributed by atoms with Gasteiger partial charge in [0.2, 0.25) is 5.91 Å². The number of anilines is 1. The molecule has 4 aromatic rings. The van der Waals surface area contributed by atoms with Crippen LogP contribution in [0.25, 0.3) is 16.5 Å². The number of amides is 1. The molecule has 28 heavy (non-hydrogen) atoms. The van der Waals surface area contributed by atoms with E-state index in [-0.39, 0.29) is 5.91 Å². The summed E-state index contributed by atoms with van der Waals surface area (Å²) in [6, 6.07) is 24.3. The summed E-state index contributed by atoms with van der Waals surface area (Å²) >= 11 is 0. The average Bonchev–Trinajstić information content (AvgIpc) is 3.23. The number of aryl methyl sites for hydroxylation is 1. The zero-order valence-electron chi connectivity index (χ0n) is 16.0. The highest BCUT2D eigenvalue weighted by Gasteiger charge is 2.16. The Labute approximate surface area is 165 Å². The van der Waals surface area contributed by atoms with Crippen LogP contribution in [0.5, 0.6) is 0 Å². The van der Waals surface area contributed by atoms with Crippen LogP contribution in [0.3, 0.4) is 0 Å². The summed E-state index contributed by atoms with van der Waals surface area (Å²) in [7, 11) is 0. The number of fused-ring (bicyclic) bond motifs is 1. The van der Waals surface area contributed by atoms with Crippen molar-refractivity contribution in [3.05, 3.63) is 90.8 Å². The monoisotopic (exact) mass is 369 g/mol. The predicted molar refractivity (Wildman–Crippen MR) is 114 cm³/mol. The summed E-state index contributed by atoms with van der Waals surface area (Å²) in [4.78, 5) is 14.8. The SMILES string of the molecule is CCN(C(=O)CCc1cnn(-c2ccccc2)c1)c1cccc2ccccc12. The lowest BCUT2D eigenvalue weighted by atomic mass is 10.1. The Balaban J connectivity index is 1.49. The summed E-state index contributed by atoms with van der Waals surface area (Å²) in [5, 5.41) is 6.68. The van der Waals surface area contributed by atoms with Crippen molar-refractivity contribution in [2.45, 2.75) is 19.8 Å². The fourth-order valence-electron chi connectivity index (χ4n) is 3.52. The second kappa shape index (κ2) is 8.09. The quantitative estimate of drug-likeness (QED) is 0.479. The maximum atomic E-state index is 13.0. The van der Waals surface area contributed by atoms with Crippen LogP contribution >= 0.6 is 0 Å². The molecule has 0 atom stereocenters. The molecule has 0 aliphatic rings. The molecule has 3 aromatic carbocycles. The minimum atomic E-state index is 0.131. The Morgan fingerprint density at radius 1 is 0.964 bits per heavy atom. The molecule has 0 unspecified atom stereocenters. The fourth-order valence-corrected chi connectivity index (χ4v) is 3.52. The van der Waals surface area contributed by atoms with Gasteiger partial charge in [0.15, 0.2) is 0 Å². The van der Waals surface area contributed by atoms with Crippen LogP contribution in [0.1, 0.15) is 18.9 Å². The van der Waals surface area contributed by atoms with E-state index >= 15 is 0 Å². The number of benzene rings is 3. The van der Waals surface area contributed by atoms with E-state index in [1.165, 1.54) is 0 Å². The molecule has 0 fully saturated rings. The van der Waals surface area contributed by atoms with Gasteiger partial charge in [0, 0.05) is 24.5 Å². The fraction of sp³-hybridized carbons (Fsp3) is 0.167. The number of hydrogen-bond acceptors (Lipinski definition) is 2. The molecule has 0 aliphatic heterocycles. The molecule has 0 aliphatic carbocycles. The van der Waals surface area contributed by atoms with E-state index in [9.17, 15) is 4.79 Å². The maximum Gasteiger partial charge on any atom is 0.227 e. The Bertz CT molecular complexity index is 1080. The molecule has 0 bridgehead atoms. The largest absolute Gasteiger partial charge is 0.312 e. The number of nitrogens with zero attached hydrogens (tertiary/aromatic N) is 3. The first-order chi connectivity index (χ1) is 13.8. The third kappa shape index (κ3) is 3.67. The summed E-state index contributed by atoms with van der Waals surface area (Å²) < 4.78 is 1.85. The van der Waals surface area contributed by atoms with E-state index in [4.69, 9.17) is 0 Å². The van der Waals surface area contributed by atoms with Gasteiger partial charge < -0.3 is 4.90 Å². The number of aromatic nitrogens is 2. The number of hydrogen-bond donors (Lipinski definition) is 0. The molecule has 1 heterocycles. The minimum absolute atomic E-state index is 0.131. The Kier molecular flexibility index (Phi) is 5.20. The van der Waals surface area contributed by atoms with Crippen molar-refractivity contribution >= 4 is 22.4 Å². The van der Waals surface area contributed by atoms with Gasteiger partial charge in [-0.15, -0.1) is 0 Å². The molecule has 4 rings (SSSR count). The highest BCUT2D eigenvalue weighted by atomic mass is 16.2. The minimum Gasteiger partial charge on any atom is -0.312 e. The molecule has 140 valence electrons. The van der Waals surface area contributed by atoms with Crippen molar-refractivity contribution in [1.82, 2.24) is 9.78 Å². The normalized spacial score (nSPS) is 10.9. The molecule has 0 radical (unpaired) electrons. The molecule has 4 heteroatoms. The van der Waals surface area contributed by atoms with Gasteiger partial charge in [-0.2, -0.15) is 5.10 Å². The van der Waals surface area contributed by atoms with Crippen LogP contribution in [0.15, 0.2) is 85.2 Å². The standard InChI is InChI=1S/C24H23N3O/c1-2-26(23-14-8-10-20-9-6-7-13-22(20)23)24(28)16-15-19-17-25-27(18-19)21-11-4-3-5-12-21/h3-14,17-18H,2,15-16H2,1H3. The van der Waals surface area contributed by atoms with Crippen molar-refractivity contribution < 1.29 is 4.79 Å². The van der Waals surface area contributed by atoms with Crippen molar-refractivity contribution in [2.24, 2.45) is 0 Å². The van der Waals surface area contributed by atoms with Crippen LogP contribution in [0.4, 0.5) is 5.69 Å². The van der Waals surface area contributed by atoms with Crippen LogP contribution < -0.4 is 4.90 Å². The van der Waals surface area contributed by atoms with Crippen LogP contribution in [-0.2, 0) is 11.2 Å². The van der Waals surface area contributed by atoms with E-state index in [0.29, 0.717) is 19.4 Å². The highest BCUT2D eigenvalue weighted by Crippen LogP contribution is 2.27. The molecular formula is C24H23N3O. The summed E-state index contributed by atoms with van der Waals surface area (Å²) in [5.41, 5.74) is 3.06. The smallest absolute Gasteiger partial charge is 0.227 e. The topological polar surface area (TPSA) is 38.1 Å². The predicted octanol–water partition coefficient (Wildman–Crippen LogP) is 5.01. The zero-order valence-corrected chi connectivity index (χ0v) is 16.0. The van der Waals surface area contributed by atoms with Gasteiger partial charge in [-0.25, -0.2) is 4.68 Å². The molecule has 0 saturated heterocycles. The first-order valence-corrected chi connectivity index (χ1v) is 9.63. The Morgan fingerprint density at radius 3 is 2.54 bits per heavy atom. The lowest BCUT2D eigenvalue weighted by Gasteiger charge is -2.22. The number of rotatable bonds is 6. The van der Waals surface area contributed by atoms with Gasteiger partial charge in [-0.3, -0.25) is 4.79 Å². The van der Waals surface area contributed by atoms with Crippen molar-refractivity contribution in [2.75, 3.05) is 11.4 Å². The van der Waals surface area contributed by atoms with Crippen molar-refractivity contribution in [3.8, 4) is 5.69 Å². The van der Waals surface area contributed by atoms with E-state index in [2.05, 4.69) is 23.3 Å². The average molecular weight is 369 g/mol. The number of carbonyl (C=O) groups excluding carboxylic acids is 1. The summed E-state index contributed by atoms with van der Waals surface area (Å²) in [5.74, 6) is 0.131. The third-order valence-electron chi connectivity index (χ3n) is 4.96. The molecular weight excluding hydrogens is 346 g/mol. The highest BCUT2D eigenvalue weighted by molar-refractivity contribution is 6.03.